The highest BCUT2D eigenvalue weighted by Gasteiger charge is 2.26. The molecule has 1 N–H and O–H groups in total. The van der Waals surface area contributed by atoms with Gasteiger partial charge in [-0.05, 0) is 30.9 Å². The highest BCUT2D eigenvalue weighted by Crippen LogP contribution is 2.30. The number of hydrogen-bond acceptors (Lipinski definition) is 3. The van der Waals surface area contributed by atoms with E-state index in [1.807, 2.05) is 0 Å². The van der Waals surface area contributed by atoms with Crippen LogP contribution in [0.5, 0.6) is 0 Å². The summed E-state index contributed by atoms with van der Waals surface area (Å²) >= 11 is 0.394. The lowest BCUT2D eigenvalue weighted by Crippen LogP contribution is -2.41. The van der Waals surface area contributed by atoms with E-state index in [0.29, 0.717) is 35.3 Å². The van der Waals surface area contributed by atoms with Crippen LogP contribution in [0.25, 0.3) is 0 Å². The first-order valence-corrected chi connectivity index (χ1v) is 7.43. The van der Waals surface area contributed by atoms with Gasteiger partial charge in [0.05, 0.1) is 5.56 Å². The van der Waals surface area contributed by atoms with Crippen LogP contribution in [0, 0.1) is 5.92 Å². The van der Waals surface area contributed by atoms with Crippen LogP contribution in [-0.2, 0) is 0 Å². The molecule has 1 fully saturated rings. The largest absolute Gasteiger partial charge is 0.396 e. The number of hydrogen-bond donors (Lipinski definition) is 1. The number of likely N-dealkylation sites (tertiary alicyclic amines) is 1. The molecule has 1 aromatic rings. The molecule has 0 bridgehead atoms. The molecular formula is C14H17F2NO2S. The van der Waals surface area contributed by atoms with E-state index in [0.717, 1.165) is 12.8 Å². The van der Waals surface area contributed by atoms with Gasteiger partial charge in [-0.2, -0.15) is 8.78 Å². The van der Waals surface area contributed by atoms with Gasteiger partial charge in [0, 0.05) is 24.6 Å². The maximum atomic E-state index is 12.5. The first-order chi connectivity index (χ1) is 9.61. The van der Waals surface area contributed by atoms with Crippen molar-refractivity contribution in [3.63, 3.8) is 0 Å². The van der Waals surface area contributed by atoms with E-state index < -0.39 is 5.76 Å². The number of rotatable bonds is 4. The number of halogens is 2. The van der Waals surface area contributed by atoms with Gasteiger partial charge < -0.3 is 10.0 Å². The van der Waals surface area contributed by atoms with Crippen molar-refractivity contribution in [2.75, 3.05) is 19.7 Å². The predicted octanol–water partition coefficient (Wildman–Crippen LogP) is 2.85. The van der Waals surface area contributed by atoms with Crippen LogP contribution in [0.2, 0.25) is 0 Å². The normalized spacial score (nSPS) is 19.4. The van der Waals surface area contributed by atoms with Crippen LogP contribution in [0.3, 0.4) is 0 Å². The Labute approximate surface area is 121 Å². The lowest BCUT2D eigenvalue weighted by Gasteiger charge is -2.32. The van der Waals surface area contributed by atoms with Gasteiger partial charge in [-0.15, -0.1) is 0 Å². The molecule has 1 heterocycles. The number of thioether (sulfide) groups is 1. The molecule has 1 aromatic carbocycles. The molecule has 6 heteroatoms. The molecule has 1 aliphatic rings. The number of nitrogens with zero attached hydrogens (tertiary/aromatic N) is 1. The molecule has 110 valence electrons. The average Bonchev–Trinajstić information content (AvgIpc) is 2.46. The zero-order valence-corrected chi connectivity index (χ0v) is 11.8. The molecule has 0 saturated carbocycles. The van der Waals surface area contributed by atoms with E-state index in [2.05, 4.69) is 0 Å². The molecule has 0 radical (unpaired) electrons. The van der Waals surface area contributed by atoms with Crippen molar-refractivity contribution in [1.82, 2.24) is 4.90 Å². The predicted molar refractivity (Wildman–Crippen MR) is 74.0 cm³/mol. The van der Waals surface area contributed by atoms with E-state index >= 15 is 0 Å². The summed E-state index contributed by atoms with van der Waals surface area (Å²) in [7, 11) is 0. The number of alkyl halides is 2. The van der Waals surface area contributed by atoms with Crippen LogP contribution < -0.4 is 0 Å². The average molecular weight is 301 g/mol. The zero-order chi connectivity index (χ0) is 14.5. The van der Waals surface area contributed by atoms with E-state index in [-0.39, 0.29) is 18.4 Å². The van der Waals surface area contributed by atoms with Crippen molar-refractivity contribution >= 4 is 17.7 Å². The minimum absolute atomic E-state index is 0.0528. The molecule has 0 aromatic heterocycles. The first-order valence-electron chi connectivity index (χ1n) is 6.55. The zero-order valence-electron chi connectivity index (χ0n) is 11.0. The third-order valence-electron chi connectivity index (χ3n) is 3.40. The summed E-state index contributed by atoms with van der Waals surface area (Å²) in [4.78, 5) is 14.4. The third-order valence-corrected chi connectivity index (χ3v) is 4.19. The lowest BCUT2D eigenvalue weighted by molar-refractivity contribution is 0.0617. The second-order valence-electron chi connectivity index (χ2n) is 4.82. The van der Waals surface area contributed by atoms with Gasteiger partial charge in [-0.25, -0.2) is 0 Å². The van der Waals surface area contributed by atoms with Crippen molar-refractivity contribution in [3.8, 4) is 0 Å². The Bertz CT molecular complexity index is 470. The van der Waals surface area contributed by atoms with E-state index in [1.54, 1.807) is 23.1 Å². The lowest BCUT2D eigenvalue weighted by atomic mass is 9.98. The Kier molecular flexibility index (Phi) is 5.37. The van der Waals surface area contributed by atoms with Crippen molar-refractivity contribution in [2.45, 2.75) is 23.5 Å². The summed E-state index contributed by atoms with van der Waals surface area (Å²) in [6, 6.07) is 6.44. The molecule has 1 atom stereocenters. The number of aliphatic hydroxyl groups is 1. The van der Waals surface area contributed by atoms with Crippen LogP contribution >= 0.6 is 11.8 Å². The fraction of sp³-hybridized carbons (Fsp3) is 0.500. The monoisotopic (exact) mass is 301 g/mol. The van der Waals surface area contributed by atoms with Crippen LogP contribution in [0.1, 0.15) is 23.2 Å². The number of piperidine rings is 1. The second kappa shape index (κ2) is 7.04. The molecular weight excluding hydrogens is 284 g/mol. The SMILES string of the molecule is O=C(c1ccccc1SC(F)F)N1CCC[C@@H](CO)C1. The topological polar surface area (TPSA) is 40.5 Å². The number of carbonyl (C=O) groups is 1. The highest BCUT2D eigenvalue weighted by atomic mass is 32.2. The van der Waals surface area contributed by atoms with E-state index in [1.165, 1.54) is 6.07 Å². The summed E-state index contributed by atoms with van der Waals surface area (Å²) in [5, 5.41) is 9.19. The van der Waals surface area contributed by atoms with Gasteiger partial charge in [0.15, 0.2) is 0 Å². The van der Waals surface area contributed by atoms with Gasteiger partial charge in [0.1, 0.15) is 0 Å². The number of carbonyl (C=O) groups excluding carboxylic acids is 1. The quantitative estimate of drug-likeness (QED) is 0.869. The first kappa shape index (κ1) is 15.3. The molecule has 0 unspecified atom stereocenters. The Hall–Kier alpha value is -1.14. The van der Waals surface area contributed by atoms with Gasteiger partial charge >= 0.3 is 0 Å². The summed E-state index contributed by atoms with van der Waals surface area (Å²) in [6.07, 6.45) is 1.73. The second-order valence-corrected chi connectivity index (χ2v) is 5.85. The minimum atomic E-state index is -2.55. The Morgan fingerprint density at radius 3 is 2.90 bits per heavy atom. The van der Waals surface area contributed by atoms with Gasteiger partial charge in [0.25, 0.3) is 11.7 Å². The Morgan fingerprint density at radius 1 is 1.45 bits per heavy atom. The van der Waals surface area contributed by atoms with Gasteiger partial charge in [0.2, 0.25) is 0 Å². The van der Waals surface area contributed by atoms with Crippen molar-refractivity contribution in [2.24, 2.45) is 5.92 Å². The third kappa shape index (κ3) is 3.70. The van der Waals surface area contributed by atoms with E-state index in [9.17, 15) is 18.7 Å². The summed E-state index contributed by atoms with van der Waals surface area (Å²) in [5.74, 6) is -2.69. The molecule has 0 spiro atoms. The Balaban J connectivity index is 2.16. The van der Waals surface area contributed by atoms with Crippen molar-refractivity contribution in [1.29, 1.82) is 0 Å². The van der Waals surface area contributed by atoms with Gasteiger partial charge in [-0.3, -0.25) is 4.79 Å². The molecule has 0 aliphatic carbocycles. The highest BCUT2D eigenvalue weighted by molar-refractivity contribution is 7.99. The van der Waals surface area contributed by atoms with Gasteiger partial charge in [-0.1, -0.05) is 23.9 Å². The molecule has 1 aliphatic heterocycles. The molecule has 2 rings (SSSR count). The molecule has 20 heavy (non-hydrogen) atoms. The molecule has 1 saturated heterocycles. The fourth-order valence-electron chi connectivity index (χ4n) is 2.41. The Morgan fingerprint density at radius 2 is 2.20 bits per heavy atom. The van der Waals surface area contributed by atoms with Crippen LogP contribution in [0.15, 0.2) is 29.2 Å². The standard InChI is InChI=1S/C14H17F2NO2S/c15-14(16)20-12-6-2-1-5-11(12)13(19)17-7-3-4-10(8-17)9-18/h1-2,5-6,10,14,18H,3-4,7-9H2/t10-/m1/s1. The maximum absolute atomic E-state index is 12.5. The number of amides is 1. The molecule has 3 nitrogen and oxygen atoms in total. The number of benzene rings is 1. The fourth-order valence-corrected chi connectivity index (χ4v) is 3.04. The summed E-state index contributed by atoms with van der Waals surface area (Å²) in [6.45, 7) is 1.16. The minimum Gasteiger partial charge on any atom is -0.396 e. The summed E-state index contributed by atoms with van der Waals surface area (Å²) in [5.41, 5.74) is 0.316. The van der Waals surface area contributed by atoms with E-state index in [4.69, 9.17) is 0 Å². The smallest absolute Gasteiger partial charge is 0.288 e. The van der Waals surface area contributed by atoms with Crippen LogP contribution in [-0.4, -0.2) is 41.4 Å². The maximum Gasteiger partial charge on any atom is 0.288 e. The number of aliphatic hydroxyl groups excluding tert-OH is 1. The molecule has 1 amide bonds. The summed E-state index contributed by atoms with van der Waals surface area (Å²) < 4.78 is 25.1. The van der Waals surface area contributed by atoms with Crippen molar-refractivity contribution < 1.29 is 18.7 Å². The van der Waals surface area contributed by atoms with Crippen LogP contribution in [0.4, 0.5) is 8.78 Å². The van der Waals surface area contributed by atoms with Crippen molar-refractivity contribution in [3.05, 3.63) is 29.8 Å².